The van der Waals surface area contributed by atoms with Crippen molar-refractivity contribution in [3.05, 3.63) is 11.7 Å². The van der Waals surface area contributed by atoms with Gasteiger partial charge in [-0.25, -0.2) is 0 Å². The zero-order chi connectivity index (χ0) is 11.4. The summed E-state index contributed by atoms with van der Waals surface area (Å²) in [5, 5.41) is 3.99. The Balaban J connectivity index is 1.83. The zero-order valence-electron chi connectivity index (χ0n) is 9.85. The van der Waals surface area contributed by atoms with Gasteiger partial charge in [-0.2, -0.15) is 4.98 Å². The Hall–Kier alpha value is -0.940. The van der Waals surface area contributed by atoms with Crippen molar-refractivity contribution in [2.45, 2.75) is 25.7 Å². The van der Waals surface area contributed by atoms with E-state index in [0.717, 1.165) is 12.2 Å². The Morgan fingerprint density at radius 1 is 1.44 bits per heavy atom. The number of hydrogen-bond donors (Lipinski definition) is 1. The molecule has 0 saturated carbocycles. The van der Waals surface area contributed by atoms with Crippen LogP contribution in [0.15, 0.2) is 4.52 Å². The molecule has 0 spiro atoms. The SMILES string of the molecule is CN1CCC(Cc2noc(CCN)n2)CC1. The molecule has 1 saturated heterocycles. The first-order valence-electron chi connectivity index (χ1n) is 5.98. The second-order valence-corrected chi connectivity index (χ2v) is 4.59. The van der Waals surface area contributed by atoms with Crippen molar-refractivity contribution in [1.82, 2.24) is 15.0 Å². The van der Waals surface area contributed by atoms with E-state index in [0.29, 0.717) is 24.8 Å². The summed E-state index contributed by atoms with van der Waals surface area (Å²) < 4.78 is 5.12. The zero-order valence-corrected chi connectivity index (χ0v) is 9.85. The molecule has 0 radical (unpaired) electrons. The van der Waals surface area contributed by atoms with E-state index in [1.54, 1.807) is 0 Å². The largest absolute Gasteiger partial charge is 0.339 e. The first-order valence-corrected chi connectivity index (χ1v) is 5.98. The van der Waals surface area contributed by atoms with Crippen molar-refractivity contribution in [3.8, 4) is 0 Å². The predicted octanol–water partition coefficient (Wildman–Crippen LogP) is 0.455. The summed E-state index contributed by atoms with van der Waals surface area (Å²) in [5.74, 6) is 2.22. The summed E-state index contributed by atoms with van der Waals surface area (Å²) in [6.45, 7) is 2.92. The Labute approximate surface area is 96.0 Å². The van der Waals surface area contributed by atoms with Gasteiger partial charge < -0.3 is 15.2 Å². The molecule has 1 aliphatic heterocycles. The molecule has 2 rings (SSSR count). The number of rotatable bonds is 4. The fraction of sp³-hybridized carbons (Fsp3) is 0.818. The molecule has 1 aliphatic rings. The molecule has 1 aromatic heterocycles. The number of piperidine rings is 1. The van der Waals surface area contributed by atoms with Crippen LogP contribution in [0.1, 0.15) is 24.6 Å². The molecule has 0 amide bonds. The second kappa shape index (κ2) is 5.41. The maximum absolute atomic E-state index is 5.44. The van der Waals surface area contributed by atoms with E-state index >= 15 is 0 Å². The van der Waals surface area contributed by atoms with Crippen molar-refractivity contribution in [2.75, 3.05) is 26.7 Å². The maximum Gasteiger partial charge on any atom is 0.227 e. The van der Waals surface area contributed by atoms with Crippen LogP contribution in [0.4, 0.5) is 0 Å². The lowest BCUT2D eigenvalue weighted by atomic mass is 9.94. The van der Waals surface area contributed by atoms with E-state index in [-0.39, 0.29) is 0 Å². The van der Waals surface area contributed by atoms with E-state index in [9.17, 15) is 0 Å². The van der Waals surface area contributed by atoms with Crippen LogP contribution in [0.2, 0.25) is 0 Å². The summed E-state index contributed by atoms with van der Waals surface area (Å²) in [6, 6.07) is 0. The van der Waals surface area contributed by atoms with Crippen LogP contribution in [0.3, 0.4) is 0 Å². The third kappa shape index (κ3) is 3.02. The van der Waals surface area contributed by atoms with Gasteiger partial charge in [0.2, 0.25) is 5.89 Å². The highest BCUT2D eigenvalue weighted by Gasteiger charge is 2.19. The molecule has 0 aliphatic carbocycles. The van der Waals surface area contributed by atoms with E-state index in [4.69, 9.17) is 10.3 Å². The molecule has 16 heavy (non-hydrogen) atoms. The molecular weight excluding hydrogens is 204 g/mol. The molecule has 0 bridgehead atoms. The van der Waals surface area contributed by atoms with E-state index in [1.807, 2.05) is 0 Å². The number of likely N-dealkylation sites (tertiary alicyclic amines) is 1. The topological polar surface area (TPSA) is 68.2 Å². The van der Waals surface area contributed by atoms with Crippen molar-refractivity contribution >= 4 is 0 Å². The van der Waals surface area contributed by atoms with Gasteiger partial charge in [-0.1, -0.05) is 5.16 Å². The summed E-state index contributed by atoms with van der Waals surface area (Å²) in [6.07, 6.45) is 4.09. The third-order valence-corrected chi connectivity index (χ3v) is 3.18. The Morgan fingerprint density at radius 3 is 2.88 bits per heavy atom. The van der Waals surface area contributed by atoms with Crippen LogP contribution in [0.5, 0.6) is 0 Å². The van der Waals surface area contributed by atoms with Gasteiger partial charge in [0.1, 0.15) is 0 Å². The average Bonchev–Trinajstić information content (AvgIpc) is 2.70. The Kier molecular flexibility index (Phi) is 3.90. The van der Waals surface area contributed by atoms with Gasteiger partial charge in [0, 0.05) is 19.4 Å². The number of hydrogen-bond acceptors (Lipinski definition) is 5. The van der Waals surface area contributed by atoms with Crippen molar-refractivity contribution in [2.24, 2.45) is 11.7 Å². The molecule has 5 nitrogen and oxygen atoms in total. The fourth-order valence-corrected chi connectivity index (χ4v) is 2.12. The van der Waals surface area contributed by atoms with Gasteiger partial charge in [0.25, 0.3) is 0 Å². The molecule has 1 fully saturated rings. The van der Waals surface area contributed by atoms with E-state index < -0.39 is 0 Å². The minimum atomic E-state index is 0.565. The van der Waals surface area contributed by atoms with Crippen LogP contribution in [0, 0.1) is 5.92 Å². The van der Waals surface area contributed by atoms with Gasteiger partial charge in [0.15, 0.2) is 5.82 Å². The molecule has 0 unspecified atom stereocenters. The number of nitrogens with zero attached hydrogens (tertiary/aromatic N) is 3. The molecule has 90 valence electrons. The summed E-state index contributed by atoms with van der Waals surface area (Å²) in [4.78, 5) is 6.71. The number of nitrogens with two attached hydrogens (primary N) is 1. The smallest absolute Gasteiger partial charge is 0.227 e. The van der Waals surface area contributed by atoms with Crippen molar-refractivity contribution < 1.29 is 4.52 Å². The second-order valence-electron chi connectivity index (χ2n) is 4.59. The first-order chi connectivity index (χ1) is 7.78. The summed E-state index contributed by atoms with van der Waals surface area (Å²) >= 11 is 0. The van der Waals surface area contributed by atoms with Crippen LogP contribution in [-0.4, -0.2) is 41.7 Å². The lowest BCUT2D eigenvalue weighted by Crippen LogP contribution is -2.31. The van der Waals surface area contributed by atoms with Gasteiger partial charge in [-0.05, 0) is 38.9 Å². The summed E-state index contributed by atoms with van der Waals surface area (Å²) in [5.41, 5.74) is 5.44. The minimum absolute atomic E-state index is 0.565. The minimum Gasteiger partial charge on any atom is -0.339 e. The lowest BCUT2D eigenvalue weighted by molar-refractivity contribution is 0.216. The normalized spacial score (nSPS) is 19.1. The molecule has 0 aromatic carbocycles. The monoisotopic (exact) mass is 224 g/mol. The van der Waals surface area contributed by atoms with Gasteiger partial charge in [-0.15, -0.1) is 0 Å². The molecule has 5 heteroatoms. The van der Waals surface area contributed by atoms with Crippen LogP contribution < -0.4 is 5.73 Å². The summed E-state index contributed by atoms with van der Waals surface area (Å²) in [7, 11) is 2.17. The maximum atomic E-state index is 5.44. The van der Waals surface area contributed by atoms with Gasteiger partial charge in [-0.3, -0.25) is 0 Å². The third-order valence-electron chi connectivity index (χ3n) is 3.18. The molecular formula is C11H20N4O. The van der Waals surface area contributed by atoms with Crippen LogP contribution in [0.25, 0.3) is 0 Å². The van der Waals surface area contributed by atoms with Crippen molar-refractivity contribution in [1.29, 1.82) is 0 Å². The van der Waals surface area contributed by atoms with Crippen LogP contribution >= 0.6 is 0 Å². The highest BCUT2D eigenvalue weighted by molar-refractivity contribution is 4.90. The molecule has 0 atom stereocenters. The van der Waals surface area contributed by atoms with E-state index in [2.05, 4.69) is 22.1 Å². The Morgan fingerprint density at radius 2 is 2.19 bits per heavy atom. The van der Waals surface area contributed by atoms with Gasteiger partial charge >= 0.3 is 0 Å². The van der Waals surface area contributed by atoms with Crippen LogP contribution in [-0.2, 0) is 12.8 Å². The van der Waals surface area contributed by atoms with Crippen molar-refractivity contribution in [3.63, 3.8) is 0 Å². The number of aromatic nitrogens is 2. The highest BCUT2D eigenvalue weighted by Crippen LogP contribution is 2.19. The predicted molar refractivity (Wildman–Crippen MR) is 61.0 cm³/mol. The average molecular weight is 224 g/mol. The first kappa shape index (κ1) is 11.5. The fourth-order valence-electron chi connectivity index (χ4n) is 2.12. The quantitative estimate of drug-likeness (QED) is 0.804. The van der Waals surface area contributed by atoms with Gasteiger partial charge in [0.05, 0.1) is 0 Å². The molecule has 2 heterocycles. The lowest BCUT2D eigenvalue weighted by Gasteiger charge is -2.27. The standard InChI is InChI=1S/C11H20N4O/c1-15-6-3-9(4-7-15)8-10-13-11(2-5-12)16-14-10/h9H,2-8,12H2,1H3. The molecule has 2 N–H and O–H groups in total. The Bertz CT molecular complexity index is 318. The highest BCUT2D eigenvalue weighted by atomic mass is 16.5. The molecule has 1 aromatic rings. The van der Waals surface area contributed by atoms with E-state index in [1.165, 1.54) is 25.9 Å².